The van der Waals surface area contributed by atoms with Crippen LogP contribution in [-0.4, -0.2) is 51.0 Å². The molecule has 1 saturated carbocycles. The highest BCUT2D eigenvalue weighted by Gasteiger charge is 2.49. The van der Waals surface area contributed by atoms with Crippen molar-refractivity contribution in [1.82, 2.24) is 15.2 Å². The molecule has 4 unspecified atom stereocenters. The number of aliphatic hydroxyl groups excluding tert-OH is 1. The van der Waals surface area contributed by atoms with Crippen molar-refractivity contribution in [2.45, 2.75) is 64.6 Å². The molecule has 0 aromatic carbocycles. The SMILES string of the molecule is CCc1cccc(C(=O)N2CCC(NC(=O)C3CC3C(C)O)C2(C)C)n1. The number of carbonyl (C=O) groups excluding carboxylic acids is 2. The predicted octanol–water partition coefficient (Wildman–Crippen LogP) is 1.77. The van der Waals surface area contributed by atoms with E-state index in [1.807, 2.05) is 37.8 Å². The van der Waals surface area contributed by atoms with Crippen LogP contribution in [0.4, 0.5) is 0 Å². The minimum atomic E-state index is -0.480. The van der Waals surface area contributed by atoms with E-state index in [0.717, 1.165) is 25.0 Å². The van der Waals surface area contributed by atoms with Crippen molar-refractivity contribution in [2.24, 2.45) is 11.8 Å². The molecule has 0 spiro atoms. The molecule has 2 amide bonds. The van der Waals surface area contributed by atoms with E-state index in [9.17, 15) is 14.7 Å². The molecule has 1 saturated heterocycles. The monoisotopic (exact) mass is 359 g/mol. The Hall–Kier alpha value is -1.95. The van der Waals surface area contributed by atoms with E-state index < -0.39 is 11.6 Å². The Kier molecular flexibility index (Phi) is 5.06. The lowest BCUT2D eigenvalue weighted by Gasteiger charge is -2.36. The maximum absolute atomic E-state index is 13.0. The number of carbonyl (C=O) groups is 2. The largest absolute Gasteiger partial charge is 0.393 e. The summed E-state index contributed by atoms with van der Waals surface area (Å²) >= 11 is 0. The lowest BCUT2D eigenvalue weighted by molar-refractivity contribution is -0.124. The van der Waals surface area contributed by atoms with Crippen LogP contribution in [0.25, 0.3) is 0 Å². The first-order valence-electron chi connectivity index (χ1n) is 9.52. The molecule has 4 atom stereocenters. The molecule has 6 heteroatoms. The van der Waals surface area contributed by atoms with Gasteiger partial charge in [0, 0.05) is 18.2 Å². The normalized spacial score (nSPS) is 27.9. The van der Waals surface area contributed by atoms with E-state index in [2.05, 4.69) is 10.3 Å². The Bertz CT molecular complexity index is 701. The van der Waals surface area contributed by atoms with E-state index in [1.54, 1.807) is 13.0 Å². The van der Waals surface area contributed by atoms with Gasteiger partial charge in [0.2, 0.25) is 5.91 Å². The van der Waals surface area contributed by atoms with Crippen LogP contribution < -0.4 is 5.32 Å². The first-order valence-corrected chi connectivity index (χ1v) is 9.52. The average molecular weight is 359 g/mol. The van der Waals surface area contributed by atoms with Crippen LogP contribution in [0, 0.1) is 11.8 Å². The van der Waals surface area contributed by atoms with Gasteiger partial charge in [-0.1, -0.05) is 13.0 Å². The molecule has 26 heavy (non-hydrogen) atoms. The van der Waals surface area contributed by atoms with Crippen molar-refractivity contribution in [3.63, 3.8) is 0 Å². The smallest absolute Gasteiger partial charge is 0.272 e. The Morgan fingerprint density at radius 1 is 1.42 bits per heavy atom. The first-order chi connectivity index (χ1) is 12.3. The Balaban J connectivity index is 1.68. The topological polar surface area (TPSA) is 82.5 Å². The van der Waals surface area contributed by atoms with Gasteiger partial charge in [-0.15, -0.1) is 0 Å². The fourth-order valence-electron chi connectivity index (χ4n) is 3.96. The number of nitrogens with one attached hydrogen (secondary N) is 1. The number of nitrogens with zero attached hydrogens (tertiary/aromatic N) is 2. The number of aryl methyl sites for hydroxylation is 1. The highest BCUT2D eigenvalue weighted by Crippen LogP contribution is 2.42. The van der Waals surface area contributed by atoms with Crippen molar-refractivity contribution < 1.29 is 14.7 Å². The number of pyridine rings is 1. The highest BCUT2D eigenvalue weighted by atomic mass is 16.3. The van der Waals surface area contributed by atoms with Crippen LogP contribution in [0.15, 0.2) is 18.2 Å². The van der Waals surface area contributed by atoms with E-state index >= 15 is 0 Å². The summed E-state index contributed by atoms with van der Waals surface area (Å²) in [5, 5.41) is 12.7. The maximum atomic E-state index is 13.0. The first kappa shape index (κ1) is 18.8. The fourth-order valence-corrected chi connectivity index (χ4v) is 3.96. The van der Waals surface area contributed by atoms with Crippen molar-refractivity contribution in [1.29, 1.82) is 0 Å². The fraction of sp³-hybridized carbons (Fsp3) is 0.650. The number of aromatic nitrogens is 1. The van der Waals surface area contributed by atoms with E-state index in [4.69, 9.17) is 0 Å². The van der Waals surface area contributed by atoms with Gasteiger partial charge in [-0.3, -0.25) is 9.59 Å². The van der Waals surface area contributed by atoms with Gasteiger partial charge in [-0.05, 0) is 58.1 Å². The Labute approximate surface area is 155 Å². The summed E-state index contributed by atoms with van der Waals surface area (Å²) in [6.45, 7) is 8.33. The third kappa shape index (κ3) is 3.47. The average Bonchev–Trinajstić information content (AvgIpc) is 3.36. The van der Waals surface area contributed by atoms with Crippen molar-refractivity contribution in [3.05, 3.63) is 29.6 Å². The third-order valence-corrected chi connectivity index (χ3v) is 5.94. The van der Waals surface area contributed by atoms with Gasteiger partial charge in [0.05, 0.1) is 17.7 Å². The zero-order valence-electron chi connectivity index (χ0n) is 16.0. The number of amides is 2. The maximum Gasteiger partial charge on any atom is 0.272 e. The van der Waals surface area contributed by atoms with Crippen LogP contribution in [-0.2, 0) is 11.2 Å². The molecule has 1 aromatic rings. The molecule has 1 aliphatic heterocycles. The second kappa shape index (κ2) is 6.99. The number of rotatable bonds is 5. The van der Waals surface area contributed by atoms with Crippen LogP contribution >= 0.6 is 0 Å². The highest BCUT2D eigenvalue weighted by molar-refractivity contribution is 5.93. The Morgan fingerprint density at radius 3 is 2.77 bits per heavy atom. The molecule has 2 fully saturated rings. The molecular formula is C20H29N3O3. The summed E-state index contributed by atoms with van der Waals surface area (Å²) in [5.74, 6) is -0.124. The van der Waals surface area contributed by atoms with Crippen molar-refractivity contribution >= 4 is 11.8 Å². The molecular weight excluding hydrogens is 330 g/mol. The molecule has 2 N–H and O–H groups in total. The predicted molar refractivity (Wildman–Crippen MR) is 98.6 cm³/mol. The quantitative estimate of drug-likeness (QED) is 0.839. The van der Waals surface area contributed by atoms with Crippen LogP contribution in [0.1, 0.15) is 56.7 Å². The minimum Gasteiger partial charge on any atom is -0.393 e. The lowest BCUT2D eigenvalue weighted by Crippen LogP contribution is -2.54. The van der Waals surface area contributed by atoms with Crippen LogP contribution in [0.3, 0.4) is 0 Å². The summed E-state index contributed by atoms with van der Waals surface area (Å²) in [5.41, 5.74) is 0.877. The third-order valence-electron chi connectivity index (χ3n) is 5.94. The molecule has 2 heterocycles. The van der Waals surface area contributed by atoms with E-state index in [-0.39, 0.29) is 29.7 Å². The van der Waals surface area contributed by atoms with Crippen LogP contribution in [0.2, 0.25) is 0 Å². The molecule has 0 bridgehead atoms. The Morgan fingerprint density at radius 2 is 2.15 bits per heavy atom. The lowest BCUT2D eigenvalue weighted by atomic mass is 9.95. The zero-order valence-corrected chi connectivity index (χ0v) is 16.0. The van der Waals surface area contributed by atoms with Gasteiger partial charge in [0.1, 0.15) is 5.69 Å². The molecule has 6 nitrogen and oxygen atoms in total. The second-order valence-electron chi connectivity index (χ2n) is 8.07. The van der Waals surface area contributed by atoms with Gasteiger partial charge in [0.25, 0.3) is 5.91 Å². The van der Waals surface area contributed by atoms with Crippen molar-refractivity contribution in [3.8, 4) is 0 Å². The van der Waals surface area contributed by atoms with Gasteiger partial charge in [0.15, 0.2) is 0 Å². The second-order valence-corrected chi connectivity index (χ2v) is 8.07. The van der Waals surface area contributed by atoms with E-state index in [1.165, 1.54) is 0 Å². The van der Waals surface area contributed by atoms with Gasteiger partial charge < -0.3 is 15.3 Å². The summed E-state index contributed by atoms with van der Waals surface area (Å²) in [6, 6.07) is 5.44. The molecule has 142 valence electrons. The number of hydrogen-bond acceptors (Lipinski definition) is 4. The molecule has 1 aliphatic carbocycles. The zero-order chi connectivity index (χ0) is 19.1. The standard InChI is InChI=1S/C20H29N3O3/c1-5-13-7-6-8-16(21-13)19(26)23-10-9-17(20(23,3)4)22-18(25)15-11-14(15)12(2)24/h6-8,12,14-15,17,24H,5,9-11H2,1-4H3,(H,22,25). The molecule has 1 aromatic heterocycles. The number of likely N-dealkylation sites (tertiary alicyclic amines) is 1. The van der Waals surface area contributed by atoms with Gasteiger partial charge in [-0.2, -0.15) is 0 Å². The minimum absolute atomic E-state index is 0.00520. The summed E-state index contributed by atoms with van der Waals surface area (Å²) in [4.78, 5) is 31.7. The molecule has 3 rings (SSSR count). The summed E-state index contributed by atoms with van der Waals surface area (Å²) < 4.78 is 0. The summed E-state index contributed by atoms with van der Waals surface area (Å²) in [6.07, 6.45) is 1.81. The van der Waals surface area contributed by atoms with Gasteiger partial charge >= 0.3 is 0 Å². The van der Waals surface area contributed by atoms with Crippen LogP contribution in [0.5, 0.6) is 0 Å². The van der Waals surface area contributed by atoms with Gasteiger partial charge in [-0.25, -0.2) is 4.98 Å². The van der Waals surface area contributed by atoms with E-state index in [0.29, 0.717) is 12.2 Å². The van der Waals surface area contributed by atoms with Crippen molar-refractivity contribution in [2.75, 3.05) is 6.54 Å². The summed E-state index contributed by atoms with van der Waals surface area (Å²) in [7, 11) is 0. The number of hydrogen-bond donors (Lipinski definition) is 2. The number of aliphatic hydroxyl groups is 1. The molecule has 0 radical (unpaired) electrons. The molecule has 2 aliphatic rings.